The Balaban J connectivity index is 0.00000144. The van der Waals surface area contributed by atoms with Gasteiger partial charge in [-0.15, -0.1) is 24.0 Å². The van der Waals surface area contributed by atoms with Crippen LogP contribution in [0, 0.1) is 6.92 Å². The van der Waals surface area contributed by atoms with Crippen LogP contribution in [0.25, 0.3) is 6.08 Å². The Labute approximate surface area is 88.7 Å². The van der Waals surface area contributed by atoms with Gasteiger partial charge in [0.05, 0.1) is 11.6 Å². The molecular formula is C9H11Cl2NO. The fourth-order valence-electron chi connectivity index (χ4n) is 0.977. The molecule has 72 valence electrons. The molecule has 1 heterocycles. The number of pyridine rings is 1. The lowest BCUT2D eigenvalue weighted by Gasteiger charge is -2.06. The summed E-state index contributed by atoms with van der Waals surface area (Å²) in [7, 11) is 0. The van der Waals surface area contributed by atoms with E-state index in [1.807, 2.05) is 0 Å². The van der Waals surface area contributed by atoms with Gasteiger partial charge in [-0.3, -0.25) is 4.98 Å². The summed E-state index contributed by atoms with van der Waals surface area (Å²) in [5.74, 6) is 0.443. The van der Waals surface area contributed by atoms with Crippen molar-refractivity contribution in [3.8, 4) is 5.75 Å². The van der Waals surface area contributed by atoms with Crippen LogP contribution < -0.4 is 0 Å². The highest BCUT2D eigenvalue weighted by molar-refractivity contribution is 6.17. The van der Waals surface area contributed by atoms with Crippen molar-refractivity contribution in [1.29, 1.82) is 0 Å². The molecule has 4 heteroatoms. The second kappa shape index (κ2) is 5.10. The van der Waals surface area contributed by atoms with Crippen LogP contribution in [0.2, 0.25) is 0 Å². The molecule has 0 amide bonds. The maximum absolute atomic E-state index is 9.51. The molecule has 1 N–H and O–H groups in total. The number of hydrogen-bond acceptors (Lipinski definition) is 2. The largest absolute Gasteiger partial charge is 0.506 e. The average Bonchev–Trinajstić information content (AvgIpc) is 2.09. The number of aromatic nitrogens is 1. The molecule has 1 aromatic heterocycles. The van der Waals surface area contributed by atoms with Crippen molar-refractivity contribution in [1.82, 2.24) is 4.98 Å². The zero-order valence-electron chi connectivity index (χ0n) is 7.25. The number of hydrogen-bond donors (Lipinski definition) is 1. The van der Waals surface area contributed by atoms with Gasteiger partial charge in [0.15, 0.2) is 0 Å². The van der Waals surface area contributed by atoms with Crippen LogP contribution in [-0.4, -0.2) is 10.1 Å². The first-order chi connectivity index (χ1) is 5.70. The maximum Gasteiger partial charge on any atom is 0.141 e. The predicted molar refractivity (Wildman–Crippen MR) is 57.5 cm³/mol. The lowest BCUT2D eigenvalue weighted by Crippen LogP contribution is -1.91. The van der Waals surface area contributed by atoms with Gasteiger partial charge in [0.25, 0.3) is 0 Å². The maximum atomic E-state index is 9.51. The molecule has 1 rings (SSSR count). The van der Waals surface area contributed by atoms with Crippen molar-refractivity contribution in [2.45, 2.75) is 12.8 Å². The van der Waals surface area contributed by atoms with E-state index >= 15 is 0 Å². The minimum absolute atomic E-state index is 0. The highest BCUT2D eigenvalue weighted by Gasteiger charge is 2.07. The summed E-state index contributed by atoms with van der Waals surface area (Å²) >= 11 is 5.65. The fraction of sp³-hybridized carbons (Fsp3) is 0.222. The van der Waals surface area contributed by atoms with Crippen molar-refractivity contribution < 1.29 is 5.11 Å². The number of halogens is 2. The van der Waals surface area contributed by atoms with Gasteiger partial charge in [0.2, 0.25) is 0 Å². The van der Waals surface area contributed by atoms with Gasteiger partial charge >= 0.3 is 0 Å². The zero-order chi connectivity index (χ0) is 9.14. The number of rotatable bonds is 2. The molecule has 0 aliphatic heterocycles. The van der Waals surface area contributed by atoms with E-state index in [0.29, 0.717) is 11.3 Å². The van der Waals surface area contributed by atoms with Crippen molar-refractivity contribution in [3.63, 3.8) is 0 Å². The van der Waals surface area contributed by atoms with Crippen molar-refractivity contribution in [2.75, 3.05) is 0 Å². The number of aromatic hydroxyl groups is 1. The number of nitrogens with zero attached hydrogens (tertiary/aromatic N) is 1. The molecule has 0 aliphatic carbocycles. The molecule has 0 atom stereocenters. The van der Waals surface area contributed by atoms with E-state index in [2.05, 4.69) is 11.6 Å². The van der Waals surface area contributed by atoms with Gasteiger partial charge in [-0.05, 0) is 6.92 Å². The lowest BCUT2D eigenvalue weighted by molar-refractivity contribution is 0.462. The van der Waals surface area contributed by atoms with E-state index in [1.54, 1.807) is 19.2 Å². The Morgan fingerprint density at radius 2 is 2.31 bits per heavy atom. The molecule has 0 unspecified atom stereocenters. The van der Waals surface area contributed by atoms with Gasteiger partial charge in [-0.25, -0.2) is 0 Å². The van der Waals surface area contributed by atoms with Gasteiger partial charge < -0.3 is 5.11 Å². The van der Waals surface area contributed by atoms with Crippen LogP contribution in [0.4, 0.5) is 0 Å². The van der Waals surface area contributed by atoms with Crippen LogP contribution in [0.5, 0.6) is 5.75 Å². The molecule has 0 aromatic carbocycles. The molecule has 1 aromatic rings. The first-order valence-electron chi connectivity index (χ1n) is 3.56. The van der Waals surface area contributed by atoms with Crippen molar-refractivity contribution in [3.05, 3.63) is 29.6 Å². The van der Waals surface area contributed by atoms with E-state index in [1.165, 1.54) is 0 Å². The van der Waals surface area contributed by atoms with E-state index in [0.717, 1.165) is 5.56 Å². The summed E-state index contributed by atoms with van der Waals surface area (Å²) in [6, 6.07) is 0. The number of alkyl halides is 1. The van der Waals surface area contributed by atoms with Gasteiger partial charge in [0.1, 0.15) is 5.75 Å². The summed E-state index contributed by atoms with van der Waals surface area (Å²) in [5.41, 5.74) is 2.07. The Morgan fingerprint density at radius 1 is 1.69 bits per heavy atom. The highest BCUT2D eigenvalue weighted by Crippen LogP contribution is 2.25. The third-order valence-electron chi connectivity index (χ3n) is 1.73. The molecule has 0 spiro atoms. The van der Waals surface area contributed by atoms with E-state index in [9.17, 15) is 5.11 Å². The Morgan fingerprint density at radius 3 is 2.77 bits per heavy atom. The molecular weight excluding hydrogens is 209 g/mol. The van der Waals surface area contributed by atoms with E-state index in [-0.39, 0.29) is 24.0 Å². The van der Waals surface area contributed by atoms with Crippen LogP contribution in [-0.2, 0) is 5.88 Å². The summed E-state index contributed by atoms with van der Waals surface area (Å²) in [6.45, 7) is 5.33. The third-order valence-corrected chi connectivity index (χ3v) is 2.00. The first-order valence-corrected chi connectivity index (χ1v) is 4.10. The van der Waals surface area contributed by atoms with Crippen LogP contribution in [0.1, 0.15) is 16.8 Å². The van der Waals surface area contributed by atoms with E-state index in [4.69, 9.17) is 11.6 Å². The Hall–Kier alpha value is -0.730. The van der Waals surface area contributed by atoms with Crippen molar-refractivity contribution >= 4 is 30.1 Å². The Kier molecular flexibility index (Phi) is 4.81. The summed E-state index contributed by atoms with van der Waals surface area (Å²) in [4.78, 5) is 3.98. The van der Waals surface area contributed by atoms with Crippen molar-refractivity contribution in [2.24, 2.45) is 0 Å². The fourth-order valence-corrected chi connectivity index (χ4v) is 1.26. The van der Waals surface area contributed by atoms with Crippen LogP contribution in [0.15, 0.2) is 12.8 Å². The Bertz CT molecular complexity index is 313. The number of aryl methyl sites for hydroxylation is 1. The monoisotopic (exact) mass is 219 g/mol. The minimum Gasteiger partial charge on any atom is -0.506 e. The molecule has 0 saturated carbocycles. The molecule has 0 fully saturated rings. The molecule has 0 saturated heterocycles. The molecule has 0 bridgehead atoms. The third kappa shape index (κ3) is 2.36. The molecule has 0 aliphatic rings. The molecule has 2 nitrogen and oxygen atoms in total. The van der Waals surface area contributed by atoms with Crippen LogP contribution >= 0.6 is 24.0 Å². The summed E-state index contributed by atoms with van der Waals surface area (Å²) in [5, 5.41) is 9.51. The molecule has 0 radical (unpaired) electrons. The predicted octanol–water partition coefficient (Wildman–Crippen LogP) is 2.90. The summed E-state index contributed by atoms with van der Waals surface area (Å²) in [6.07, 6.45) is 3.28. The van der Waals surface area contributed by atoms with Gasteiger partial charge in [-0.1, -0.05) is 12.7 Å². The first kappa shape index (κ1) is 12.3. The summed E-state index contributed by atoms with van der Waals surface area (Å²) < 4.78 is 0. The van der Waals surface area contributed by atoms with Gasteiger partial charge in [0, 0.05) is 17.3 Å². The highest BCUT2D eigenvalue weighted by atomic mass is 35.5. The lowest BCUT2D eigenvalue weighted by atomic mass is 10.1. The zero-order valence-corrected chi connectivity index (χ0v) is 8.82. The SMILES string of the molecule is C=Cc1cnc(C)c(O)c1CCl.Cl. The minimum atomic E-state index is 0. The van der Waals surface area contributed by atoms with E-state index < -0.39 is 0 Å². The normalized spacial score (nSPS) is 9.08. The van der Waals surface area contributed by atoms with Crippen LogP contribution in [0.3, 0.4) is 0 Å². The second-order valence-electron chi connectivity index (χ2n) is 2.46. The standard InChI is InChI=1S/C9H10ClNO.ClH/c1-3-7-5-11-6(2)9(12)8(7)4-10;/h3,5,12H,1,4H2,2H3;1H. The smallest absolute Gasteiger partial charge is 0.141 e. The topological polar surface area (TPSA) is 33.1 Å². The molecule has 13 heavy (non-hydrogen) atoms. The average molecular weight is 220 g/mol. The van der Waals surface area contributed by atoms with Gasteiger partial charge in [-0.2, -0.15) is 0 Å². The second-order valence-corrected chi connectivity index (χ2v) is 2.73. The quantitative estimate of drug-likeness (QED) is 0.777.